The van der Waals surface area contributed by atoms with Crippen LogP contribution in [0.1, 0.15) is 12.8 Å². The predicted molar refractivity (Wildman–Crippen MR) is 61.5 cm³/mol. The van der Waals surface area contributed by atoms with E-state index in [4.69, 9.17) is 14.2 Å². The molecule has 2 aliphatic heterocycles. The van der Waals surface area contributed by atoms with Crippen molar-refractivity contribution in [2.45, 2.75) is 18.9 Å². The van der Waals surface area contributed by atoms with Gasteiger partial charge in [0.15, 0.2) is 0 Å². The molecule has 0 saturated carbocycles. The second-order valence-corrected chi connectivity index (χ2v) is 4.79. The van der Waals surface area contributed by atoms with Crippen molar-refractivity contribution >= 4 is 0 Å². The van der Waals surface area contributed by atoms with Gasteiger partial charge in [0, 0.05) is 31.1 Å². The van der Waals surface area contributed by atoms with E-state index in [2.05, 4.69) is 5.32 Å². The smallest absolute Gasteiger partial charge is 0.0623 e. The van der Waals surface area contributed by atoms with Crippen LogP contribution in [0.5, 0.6) is 0 Å². The quantitative estimate of drug-likeness (QED) is 0.726. The summed E-state index contributed by atoms with van der Waals surface area (Å²) in [6.07, 6.45) is 2.30. The van der Waals surface area contributed by atoms with Gasteiger partial charge in [-0.05, 0) is 19.9 Å². The zero-order valence-corrected chi connectivity index (χ0v) is 10.1. The first kappa shape index (κ1) is 12.3. The summed E-state index contributed by atoms with van der Waals surface area (Å²) in [7, 11) is 2.00. The highest BCUT2D eigenvalue weighted by Crippen LogP contribution is 2.18. The van der Waals surface area contributed by atoms with E-state index < -0.39 is 0 Å². The van der Waals surface area contributed by atoms with Gasteiger partial charge in [-0.2, -0.15) is 0 Å². The highest BCUT2D eigenvalue weighted by molar-refractivity contribution is 4.78. The summed E-state index contributed by atoms with van der Waals surface area (Å²) in [6.45, 7) is 5.18. The summed E-state index contributed by atoms with van der Waals surface area (Å²) in [5.41, 5.74) is 0. The third-order valence-electron chi connectivity index (χ3n) is 3.58. The van der Waals surface area contributed by atoms with Crippen molar-refractivity contribution in [2.75, 3.05) is 46.7 Å². The number of hydrogen-bond donors (Lipinski definition) is 1. The fourth-order valence-corrected chi connectivity index (χ4v) is 2.40. The van der Waals surface area contributed by atoms with E-state index in [9.17, 15) is 0 Å². The number of likely N-dealkylation sites (N-methyl/N-ethyl adjacent to an activating group) is 1. The van der Waals surface area contributed by atoms with Crippen molar-refractivity contribution in [2.24, 2.45) is 11.8 Å². The van der Waals surface area contributed by atoms with Crippen molar-refractivity contribution in [3.8, 4) is 0 Å². The molecule has 0 spiro atoms. The molecule has 0 aromatic heterocycles. The molecule has 0 aromatic rings. The summed E-state index contributed by atoms with van der Waals surface area (Å²) in [4.78, 5) is 0. The van der Waals surface area contributed by atoms with Crippen LogP contribution in [0, 0.1) is 11.8 Å². The van der Waals surface area contributed by atoms with Crippen LogP contribution in [0.15, 0.2) is 0 Å². The number of rotatable bonds is 6. The van der Waals surface area contributed by atoms with Crippen LogP contribution in [-0.4, -0.2) is 52.7 Å². The van der Waals surface area contributed by atoms with Gasteiger partial charge in [-0.15, -0.1) is 0 Å². The first-order chi connectivity index (χ1) is 7.90. The lowest BCUT2D eigenvalue weighted by molar-refractivity contribution is 0.0612. The molecular weight excluding hydrogens is 206 g/mol. The lowest BCUT2D eigenvalue weighted by Crippen LogP contribution is -2.38. The second-order valence-electron chi connectivity index (χ2n) is 4.79. The van der Waals surface area contributed by atoms with E-state index in [1.807, 2.05) is 7.05 Å². The third-order valence-corrected chi connectivity index (χ3v) is 3.58. The fourth-order valence-electron chi connectivity index (χ4n) is 2.40. The van der Waals surface area contributed by atoms with Crippen LogP contribution >= 0.6 is 0 Å². The fraction of sp³-hybridized carbons (Fsp3) is 1.00. The maximum Gasteiger partial charge on any atom is 0.0623 e. The lowest BCUT2D eigenvalue weighted by atomic mass is 10.00. The summed E-state index contributed by atoms with van der Waals surface area (Å²) in [5, 5.41) is 3.33. The molecule has 2 aliphatic rings. The van der Waals surface area contributed by atoms with E-state index >= 15 is 0 Å². The Bertz CT molecular complexity index is 189. The van der Waals surface area contributed by atoms with Crippen molar-refractivity contribution in [3.63, 3.8) is 0 Å². The largest absolute Gasteiger partial charge is 0.381 e. The van der Waals surface area contributed by atoms with E-state index in [-0.39, 0.29) is 0 Å². The van der Waals surface area contributed by atoms with Crippen LogP contribution in [-0.2, 0) is 14.2 Å². The Kier molecular flexibility index (Phi) is 5.03. The second kappa shape index (κ2) is 6.55. The normalized spacial score (nSPS) is 32.1. The average molecular weight is 229 g/mol. The number of ether oxygens (including phenoxy) is 3. The lowest BCUT2D eigenvalue weighted by Gasteiger charge is -2.22. The molecule has 0 amide bonds. The highest BCUT2D eigenvalue weighted by atomic mass is 16.5. The van der Waals surface area contributed by atoms with E-state index in [1.54, 1.807) is 0 Å². The average Bonchev–Trinajstić information content (AvgIpc) is 2.96. The number of hydrogen-bond acceptors (Lipinski definition) is 4. The van der Waals surface area contributed by atoms with Crippen molar-refractivity contribution in [1.29, 1.82) is 0 Å². The molecule has 2 saturated heterocycles. The Hall–Kier alpha value is -0.160. The van der Waals surface area contributed by atoms with Gasteiger partial charge in [0.1, 0.15) is 0 Å². The highest BCUT2D eigenvalue weighted by Gasteiger charge is 2.25. The van der Waals surface area contributed by atoms with Crippen LogP contribution in [0.25, 0.3) is 0 Å². The van der Waals surface area contributed by atoms with E-state index in [1.165, 1.54) is 0 Å². The Morgan fingerprint density at radius 1 is 1.25 bits per heavy atom. The topological polar surface area (TPSA) is 39.7 Å². The Morgan fingerprint density at radius 3 is 2.69 bits per heavy atom. The molecule has 0 radical (unpaired) electrons. The molecule has 3 unspecified atom stereocenters. The molecule has 2 fully saturated rings. The Morgan fingerprint density at radius 2 is 2.06 bits per heavy atom. The first-order valence-electron chi connectivity index (χ1n) is 6.30. The molecule has 0 bridgehead atoms. The number of nitrogens with one attached hydrogen (secondary N) is 1. The maximum atomic E-state index is 5.78. The van der Waals surface area contributed by atoms with Crippen LogP contribution < -0.4 is 5.32 Å². The maximum absolute atomic E-state index is 5.78. The minimum Gasteiger partial charge on any atom is -0.381 e. The van der Waals surface area contributed by atoms with Crippen molar-refractivity contribution < 1.29 is 14.2 Å². The SMILES string of the molecule is CNC(COCC1CCOC1)C1CCOC1. The molecule has 16 heavy (non-hydrogen) atoms. The molecule has 1 N–H and O–H groups in total. The Labute approximate surface area is 97.6 Å². The summed E-state index contributed by atoms with van der Waals surface area (Å²) in [5.74, 6) is 1.22. The van der Waals surface area contributed by atoms with Gasteiger partial charge >= 0.3 is 0 Å². The minimum absolute atomic E-state index is 0.435. The summed E-state index contributed by atoms with van der Waals surface area (Å²) < 4.78 is 16.5. The van der Waals surface area contributed by atoms with Crippen molar-refractivity contribution in [1.82, 2.24) is 5.32 Å². The minimum atomic E-state index is 0.435. The van der Waals surface area contributed by atoms with Crippen LogP contribution in [0.4, 0.5) is 0 Å². The molecule has 3 atom stereocenters. The van der Waals surface area contributed by atoms with E-state index in [0.717, 1.165) is 52.5 Å². The van der Waals surface area contributed by atoms with Crippen molar-refractivity contribution in [3.05, 3.63) is 0 Å². The van der Waals surface area contributed by atoms with Crippen LogP contribution in [0.3, 0.4) is 0 Å². The molecular formula is C12H23NO3. The van der Waals surface area contributed by atoms with Gasteiger partial charge in [0.2, 0.25) is 0 Å². The van der Waals surface area contributed by atoms with Gasteiger partial charge in [0.05, 0.1) is 26.4 Å². The molecule has 4 heteroatoms. The standard InChI is InChI=1S/C12H23NO3/c1-13-12(11-3-5-15-8-11)9-16-7-10-2-4-14-6-10/h10-13H,2-9H2,1H3. The summed E-state index contributed by atoms with van der Waals surface area (Å²) >= 11 is 0. The van der Waals surface area contributed by atoms with Gasteiger partial charge < -0.3 is 19.5 Å². The summed E-state index contributed by atoms with van der Waals surface area (Å²) in [6, 6.07) is 0.435. The molecule has 94 valence electrons. The zero-order chi connectivity index (χ0) is 11.2. The van der Waals surface area contributed by atoms with E-state index in [0.29, 0.717) is 17.9 Å². The predicted octanol–water partition coefficient (Wildman–Crippen LogP) is 0.664. The van der Waals surface area contributed by atoms with Gasteiger partial charge in [-0.1, -0.05) is 0 Å². The van der Waals surface area contributed by atoms with Crippen LogP contribution in [0.2, 0.25) is 0 Å². The Balaban J connectivity index is 1.62. The third kappa shape index (κ3) is 3.42. The zero-order valence-electron chi connectivity index (χ0n) is 10.1. The molecule has 0 aliphatic carbocycles. The van der Waals surface area contributed by atoms with Gasteiger partial charge in [-0.3, -0.25) is 0 Å². The molecule has 4 nitrogen and oxygen atoms in total. The molecule has 2 heterocycles. The monoisotopic (exact) mass is 229 g/mol. The molecule has 0 aromatic carbocycles. The molecule has 2 rings (SSSR count). The first-order valence-corrected chi connectivity index (χ1v) is 6.30. The van der Waals surface area contributed by atoms with Gasteiger partial charge in [-0.25, -0.2) is 0 Å². The van der Waals surface area contributed by atoms with Gasteiger partial charge in [0.25, 0.3) is 0 Å².